The normalized spacial score (nSPS) is 19.2. The summed E-state index contributed by atoms with van der Waals surface area (Å²) in [6, 6.07) is 9.53. The quantitative estimate of drug-likeness (QED) is 0.784. The average Bonchev–Trinajstić information content (AvgIpc) is 2.62. The van der Waals surface area contributed by atoms with Crippen LogP contribution >= 0.6 is 0 Å². The molecule has 0 aromatic carbocycles. The number of nitrogens with one attached hydrogen (secondary N) is 1. The maximum Gasteiger partial charge on any atom is 0.354 e. The maximum atomic E-state index is 11.9. The van der Waals surface area contributed by atoms with E-state index in [1.165, 1.54) is 18.3 Å². The fourth-order valence-electron chi connectivity index (χ4n) is 2.42. The first-order chi connectivity index (χ1) is 11.5. The fourth-order valence-corrected chi connectivity index (χ4v) is 2.42. The smallest absolute Gasteiger partial charge is 0.354 e. The van der Waals surface area contributed by atoms with E-state index in [2.05, 4.69) is 15.3 Å². The lowest BCUT2D eigenvalue weighted by Crippen LogP contribution is -2.48. The van der Waals surface area contributed by atoms with Crippen molar-refractivity contribution >= 4 is 17.6 Å². The summed E-state index contributed by atoms with van der Waals surface area (Å²) in [7, 11) is 0. The minimum absolute atomic E-state index is 0.122. The van der Waals surface area contributed by atoms with Gasteiger partial charge in [-0.2, -0.15) is 0 Å². The van der Waals surface area contributed by atoms with Gasteiger partial charge in [-0.1, -0.05) is 18.2 Å². The average molecular weight is 323 g/mol. The van der Waals surface area contributed by atoms with Gasteiger partial charge in [0.05, 0.1) is 17.1 Å². The first-order valence-corrected chi connectivity index (χ1v) is 7.06. The van der Waals surface area contributed by atoms with E-state index in [0.29, 0.717) is 17.1 Å². The molecule has 0 bridgehead atoms. The highest BCUT2D eigenvalue weighted by Gasteiger charge is 2.41. The third-order valence-electron chi connectivity index (χ3n) is 3.59. The molecule has 7 heteroatoms. The van der Waals surface area contributed by atoms with E-state index in [4.69, 9.17) is 5.11 Å². The summed E-state index contributed by atoms with van der Waals surface area (Å²) in [5.41, 5.74) is -0.626. The van der Waals surface area contributed by atoms with E-state index in [1.807, 2.05) is 0 Å². The molecule has 0 saturated carbocycles. The Morgan fingerprint density at radius 1 is 1.08 bits per heavy atom. The van der Waals surface area contributed by atoms with Crippen molar-refractivity contribution < 1.29 is 19.8 Å². The van der Waals surface area contributed by atoms with Crippen molar-refractivity contribution in [2.75, 3.05) is 0 Å². The van der Waals surface area contributed by atoms with Gasteiger partial charge in [-0.05, 0) is 36.4 Å². The van der Waals surface area contributed by atoms with Crippen molar-refractivity contribution in [3.63, 3.8) is 0 Å². The van der Waals surface area contributed by atoms with Crippen LogP contribution in [0.4, 0.5) is 0 Å². The third-order valence-corrected chi connectivity index (χ3v) is 3.59. The number of carbonyl (C=O) groups is 2. The maximum absolute atomic E-state index is 11.9. The second-order valence-corrected chi connectivity index (χ2v) is 5.11. The molecule has 120 valence electrons. The highest BCUT2D eigenvalue weighted by Crippen LogP contribution is 2.28. The Balaban J connectivity index is 2.03. The molecule has 3 rings (SSSR count). The number of rotatable bonds is 4. The van der Waals surface area contributed by atoms with Crippen LogP contribution in [-0.2, 0) is 10.3 Å². The van der Waals surface area contributed by atoms with Crippen LogP contribution in [0.2, 0.25) is 0 Å². The Hall–Kier alpha value is -3.48. The summed E-state index contributed by atoms with van der Waals surface area (Å²) in [6.45, 7) is 0. The Bertz CT molecular complexity index is 861. The molecule has 24 heavy (non-hydrogen) atoms. The number of carboxylic acid groups (broad SMARTS) is 2. The minimum Gasteiger partial charge on any atom is -0.479 e. The van der Waals surface area contributed by atoms with Crippen molar-refractivity contribution in [1.29, 1.82) is 0 Å². The number of pyridine rings is 2. The van der Waals surface area contributed by atoms with Gasteiger partial charge in [-0.3, -0.25) is 4.98 Å². The van der Waals surface area contributed by atoms with Gasteiger partial charge < -0.3 is 15.5 Å². The number of aliphatic carboxylic acids is 1. The Labute approximate surface area is 137 Å². The number of allylic oxidation sites excluding steroid dienone is 2. The fraction of sp³-hybridized carbons (Fsp3) is 0.0588. The topological polar surface area (TPSA) is 112 Å². The highest BCUT2D eigenvalue weighted by atomic mass is 16.4. The number of aromatic nitrogens is 2. The molecule has 1 atom stereocenters. The molecular weight excluding hydrogens is 310 g/mol. The van der Waals surface area contributed by atoms with Gasteiger partial charge in [-0.25, -0.2) is 14.6 Å². The summed E-state index contributed by atoms with van der Waals surface area (Å²) < 4.78 is 0. The lowest BCUT2D eigenvalue weighted by Gasteiger charge is -2.31. The van der Waals surface area contributed by atoms with Crippen LogP contribution in [-0.4, -0.2) is 32.1 Å². The second-order valence-electron chi connectivity index (χ2n) is 5.11. The van der Waals surface area contributed by atoms with Crippen molar-refractivity contribution in [2.24, 2.45) is 0 Å². The molecule has 1 aliphatic heterocycles. The number of hydrogen-bond acceptors (Lipinski definition) is 5. The molecule has 0 amide bonds. The van der Waals surface area contributed by atoms with Gasteiger partial charge in [-0.15, -0.1) is 0 Å². The summed E-state index contributed by atoms with van der Waals surface area (Å²) >= 11 is 0. The van der Waals surface area contributed by atoms with Crippen molar-refractivity contribution in [3.05, 3.63) is 77.9 Å². The molecule has 0 aliphatic carbocycles. The minimum atomic E-state index is -1.55. The van der Waals surface area contributed by atoms with E-state index in [-0.39, 0.29) is 5.69 Å². The first-order valence-electron chi connectivity index (χ1n) is 7.06. The molecule has 0 radical (unpaired) electrons. The summed E-state index contributed by atoms with van der Waals surface area (Å²) in [5, 5.41) is 21.7. The molecule has 0 spiro atoms. The summed E-state index contributed by atoms with van der Waals surface area (Å²) in [5.74, 6) is -2.28. The van der Waals surface area contributed by atoms with E-state index in [1.54, 1.807) is 42.5 Å². The third kappa shape index (κ3) is 2.63. The molecule has 0 saturated heterocycles. The molecule has 0 fully saturated rings. The molecule has 3 N–H and O–H groups in total. The zero-order valence-corrected chi connectivity index (χ0v) is 12.4. The number of aromatic carboxylic acids is 1. The van der Waals surface area contributed by atoms with Gasteiger partial charge in [0.15, 0.2) is 5.54 Å². The molecule has 7 nitrogen and oxygen atoms in total. The van der Waals surface area contributed by atoms with E-state index < -0.39 is 17.5 Å². The predicted octanol–water partition coefficient (Wildman–Crippen LogP) is 1.66. The van der Waals surface area contributed by atoms with E-state index in [0.717, 1.165) is 0 Å². The summed E-state index contributed by atoms with van der Waals surface area (Å²) in [4.78, 5) is 31.2. The zero-order chi connectivity index (χ0) is 17.2. The van der Waals surface area contributed by atoms with Crippen molar-refractivity contribution in [2.45, 2.75) is 5.54 Å². The van der Waals surface area contributed by atoms with E-state index >= 15 is 0 Å². The van der Waals surface area contributed by atoms with Crippen LogP contribution < -0.4 is 5.32 Å². The number of hydrogen-bond donors (Lipinski definition) is 3. The van der Waals surface area contributed by atoms with Crippen molar-refractivity contribution in [1.82, 2.24) is 15.3 Å². The van der Waals surface area contributed by atoms with Crippen LogP contribution in [0, 0.1) is 0 Å². The molecule has 1 unspecified atom stereocenters. The van der Waals surface area contributed by atoms with E-state index in [9.17, 15) is 14.7 Å². The van der Waals surface area contributed by atoms with Gasteiger partial charge in [0, 0.05) is 6.20 Å². The predicted molar refractivity (Wildman–Crippen MR) is 85.0 cm³/mol. The van der Waals surface area contributed by atoms with Crippen LogP contribution in [0.5, 0.6) is 0 Å². The molecule has 2 aromatic heterocycles. The lowest BCUT2D eigenvalue weighted by molar-refractivity contribution is -0.142. The molecule has 2 aromatic rings. The Kier molecular flexibility index (Phi) is 3.83. The van der Waals surface area contributed by atoms with Crippen LogP contribution in [0.25, 0.3) is 5.70 Å². The standard InChI is InChI=1S/C17H13N3O4/c21-15(22)13-6-3-5-11(19-13)12-7-4-9-17(20-12,16(23)24)14-8-1-2-10-18-14/h1-10,20H,(H,21,22)(H,23,24). The molecule has 1 aliphatic rings. The van der Waals surface area contributed by atoms with Gasteiger partial charge in [0.1, 0.15) is 5.69 Å². The van der Waals surface area contributed by atoms with Gasteiger partial charge in [0.25, 0.3) is 0 Å². The molecule has 3 heterocycles. The van der Waals surface area contributed by atoms with Gasteiger partial charge >= 0.3 is 11.9 Å². The Morgan fingerprint density at radius 2 is 1.92 bits per heavy atom. The van der Waals surface area contributed by atoms with Crippen LogP contribution in [0.3, 0.4) is 0 Å². The highest BCUT2D eigenvalue weighted by molar-refractivity contribution is 5.88. The summed E-state index contributed by atoms with van der Waals surface area (Å²) in [6.07, 6.45) is 6.22. The number of dihydropyridines is 1. The monoisotopic (exact) mass is 323 g/mol. The SMILES string of the molecule is O=C(O)c1cccc(C2=CC=CC(C(=O)O)(c3ccccn3)N2)n1. The Morgan fingerprint density at radius 3 is 2.58 bits per heavy atom. The van der Waals surface area contributed by atoms with Crippen molar-refractivity contribution in [3.8, 4) is 0 Å². The zero-order valence-electron chi connectivity index (χ0n) is 12.4. The number of carboxylic acids is 2. The largest absolute Gasteiger partial charge is 0.479 e. The van der Waals surface area contributed by atoms with Gasteiger partial charge in [0.2, 0.25) is 0 Å². The second kappa shape index (κ2) is 5.96. The van der Waals surface area contributed by atoms with Crippen LogP contribution in [0.15, 0.2) is 60.8 Å². The number of nitrogens with zero attached hydrogens (tertiary/aromatic N) is 2. The lowest BCUT2D eigenvalue weighted by atomic mass is 9.90. The molecular formula is C17H13N3O4. The first kappa shape index (κ1) is 15.4. The van der Waals surface area contributed by atoms with Crippen LogP contribution in [0.1, 0.15) is 21.9 Å².